The fourth-order valence-electron chi connectivity index (χ4n) is 3.64. The van der Waals surface area contributed by atoms with Gasteiger partial charge in [0.2, 0.25) is 0 Å². The molecule has 7 nitrogen and oxygen atoms in total. The fraction of sp³-hybridized carbons (Fsp3) is 0.259. The summed E-state index contributed by atoms with van der Waals surface area (Å²) in [7, 11) is 9.46. The Morgan fingerprint density at radius 1 is 0.588 bits per heavy atom. The molecule has 34 heavy (non-hydrogen) atoms. The monoisotopic (exact) mass is 466 g/mol. The molecule has 0 aliphatic rings. The number of benzene rings is 3. The lowest BCUT2D eigenvalue weighted by atomic mass is 9.94. The highest BCUT2D eigenvalue weighted by atomic mass is 16.5. The van der Waals surface area contributed by atoms with Gasteiger partial charge < -0.3 is 33.5 Å². The minimum atomic E-state index is -1.02. The number of aliphatic hydroxyl groups excluding tert-OH is 1. The van der Waals surface area contributed by atoms with Gasteiger partial charge in [-0.05, 0) is 47.0 Å². The summed E-state index contributed by atoms with van der Waals surface area (Å²) in [5.74, 6) is 3.50. The molecule has 3 rings (SSSR count). The van der Waals surface area contributed by atoms with E-state index in [0.717, 1.165) is 11.1 Å². The van der Waals surface area contributed by atoms with Gasteiger partial charge >= 0.3 is 0 Å². The van der Waals surface area contributed by atoms with Crippen molar-refractivity contribution in [3.8, 4) is 34.5 Å². The van der Waals surface area contributed by atoms with Gasteiger partial charge in [-0.3, -0.25) is 0 Å². The third kappa shape index (κ3) is 5.38. The average molecular weight is 467 g/mol. The van der Waals surface area contributed by atoms with Crippen LogP contribution < -0.4 is 28.4 Å². The Morgan fingerprint density at radius 2 is 1.18 bits per heavy atom. The Labute approximate surface area is 200 Å². The highest BCUT2D eigenvalue weighted by Gasteiger charge is 2.22. The van der Waals surface area contributed by atoms with Gasteiger partial charge in [0.1, 0.15) is 29.1 Å². The van der Waals surface area contributed by atoms with Crippen LogP contribution in [0.4, 0.5) is 0 Å². The first-order valence-electron chi connectivity index (χ1n) is 10.5. The summed E-state index contributed by atoms with van der Waals surface area (Å²) < 4.78 is 32.6. The summed E-state index contributed by atoms with van der Waals surface area (Å²) in [5, 5.41) is 11.4. The van der Waals surface area contributed by atoms with Crippen LogP contribution in [0.25, 0.3) is 12.2 Å². The molecule has 0 bridgehead atoms. The smallest absolute Gasteiger partial charge is 0.161 e. The lowest BCUT2D eigenvalue weighted by Crippen LogP contribution is -2.06. The van der Waals surface area contributed by atoms with Gasteiger partial charge in [0, 0.05) is 17.7 Å². The summed E-state index contributed by atoms with van der Waals surface area (Å²) in [6.07, 6.45) is 2.79. The molecule has 3 aromatic rings. The molecule has 180 valence electrons. The summed E-state index contributed by atoms with van der Waals surface area (Å²) in [4.78, 5) is 0. The molecule has 0 heterocycles. The van der Waals surface area contributed by atoms with Gasteiger partial charge in [-0.1, -0.05) is 18.2 Å². The maximum atomic E-state index is 11.4. The topological polar surface area (TPSA) is 75.6 Å². The van der Waals surface area contributed by atoms with E-state index in [1.165, 1.54) is 0 Å². The zero-order chi connectivity index (χ0) is 24.7. The number of methoxy groups -OCH3 is 6. The van der Waals surface area contributed by atoms with Gasteiger partial charge in [-0.15, -0.1) is 0 Å². The van der Waals surface area contributed by atoms with Crippen molar-refractivity contribution in [3.05, 3.63) is 70.8 Å². The van der Waals surface area contributed by atoms with Crippen LogP contribution in [0.5, 0.6) is 34.5 Å². The first-order chi connectivity index (χ1) is 16.5. The van der Waals surface area contributed by atoms with Crippen molar-refractivity contribution in [2.75, 3.05) is 42.7 Å². The highest BCUT2D eigenvalue weighted by molar-refractivity contribution is 5.75. The Balaban J connectivity index is 2.12. The fourth-order valence-corrected chi connectivity index (χ4v) is 3.64. The van der Waals surface area contributed by atoms with E-state index in [1.807, 2.05) is 36.4 Å². The number of rotatable bonds is 10. The van der Waals surface area contributed by atoms with Crippen molar-refractivity contribution in [2.45, 2.75) is 6.10 Å². The third-order valence-electron chi connectivity index (χ3n) is 5.43. The van der Waals surface area contributed by atoms with Crippen molar-refractivity contribution in [2.24, 2.45) is 0 Å². The van der Waals surface area contributed by atoms with Gasteiger partial charge in [0.05, 0.1) is 42.7 Å². The third-order valence-corrected chi connectivity index (χ3v) is 5.43. The van der Waals surface area contributed by atoms with Crippen molar-refractivity contribution < 1.29 is 33.5 Å². The summed E-state index contributed by atoms with van der Waals surface area (Å²) in [5.41, 5.74) is 2.79. The predicted octanol–water partition coefficient (Wildman–Crippen LogP) is 4.99. The van der Waals surface area contributed by atoms with Crippen LogP contribution in [-0.2, 0) is 0 Å². The Hall–Kier alpha value is -3.84. The second-order valence-corrected chi connectivity index (χ2v) is 7.33. The van der Waals surface area contributed by atoms with Crippen LogP contribution in [-0.4, -0.2) is 47.8 Å². The molecule has 0 spiro atoms. The molecule has 0 saturated carbocycles. The van der Waals surface area contributed by atoms with E-state index in [2.05, 4.69) is 0 Å². The molecule has 0 fully saturated rings. The number of hydrogen-bond donors (Lipinski definition) is 1. The van der Waals surface area contributed by atoms with E-state index in [-0.39, 0.29) is 0 Å². The van der Waals surface area contributed by atoms with E-state index in [9.17, 15) is 5.11 Å². The molecule has 1 atom stereocenters. The molecule has 3 aromatic carbocycles. The molecule has 0 saturated heterocycles. The van der Waals surface area contributed by atoms with Crippen molar-refractivity contribution in [3.63, 3.8) is 0 Å². The minimum absolute atomic E-state index is 0.487. The van der Waals surface area contributed by atoms with Crippen molar-refractivity contribution >= 4 is 12.2 Å². The summed E-state index contributed by atoms with van der Waals surface area (Å²) in [6, 6.07) is 14.5. The van der Waals surface area contributed by atoms with E-state index in [1.54, 1.807) is 66.9 Å². The van der Waals surface area contributed by atoms with E-state index >= 15 is 0 Å². The van der Waals surface area contributed by atoms with Crippen LogP contribution in [0.2, 0.25) is 0 Å². The second-order valence-electron chi connectivity index (χ2n) is 7.33. The molecular weight excluding hydrogens is 436 g/mol. The summed E-state index contributed by atoms with van der Waals surface area (Å²) >= 11 is 0. The van der Waals surface area contributed by atoms with Gasteiger partial charge in [0.15, 0.2) is 11.5 Å². The molecule has 0 amide bonds. The second kappa shape index (κ2) is 11.3. The van der Waals surface area contributed by atoms with Gasteiger partial charge in [-0.2, -0.15) is 0 Å². The predicted molar refractivity (Wildman–Crippen MR) is 132 cm³/mol. The lowest BCUT2D eigenvalue weighted by molar-refractivity contribution is 0.213. The number of hydrogen-bond acceptors (Lipinski definition) is 7. The molecular formula is C27H30O7. The maximum Gasteiger partial charge on any atom is 0.161 e. The largest absolute Gasteiger partial charge is 0.497 e. The molecule has 0 aromatic heterocycles. The van der Waals surface area contributed by atoms with Crippen LogP contribution >= 0.6 is 0 Å². The van der Waals surface area contributed by atoms with E-state index < -0.39 is 6.10 Å². The van der Waals surface area contributed by atoms with E-state index in [0.29, 0.717) is 45.6 Å². The molecule has 0 radical (unpaired) electrons. The Kier molecular flexibility index (Phi) is 8.27. The Bertz CT molecular complexity index is 1130. The van der Waals surface area contributed by atoms with Gasteiger partial charge in [-0.25, -0.2) is 0 Å². The van der Waals surface area contributed by atoms with Crippen LogP contribution in [0.15, 0.2) is 48.5 Å². The van der Waals surface area contributed by atoms with Crippen LogP contribution in [0.3, 0.4) is 0 Å². The molecule has 1 N–H and O–H groups in total. The Morgan fingerprint density at radius 3 is 1.74 bits per heavy atom. The number of ether oxygens (including phenoxy) is 6. The maximum absolute atomic E-state index is 11.4. The van der Waals surface area contributed by atoms with E-state index in [4.69, 9.17) is 28.4 Å². The average Bonchev–Trinajstić information content (AvgIpc) is 2.90. The zero-order valence-electron chi connectivity index (χ0n) is 20.2. The first-order valence-corrected chi connectivity index (χ1v) is 10.5. The summed E-state index contributed by atoms with van der Waals surface area (Å²) in [6.45, 7) is 0. The zero-order valence-corrected chi connectivity index (χ0v) is 20.2. The lowest BCUT2D eigenvalue weighted by Gasteiger charge is -2.20. The SMILES string of the molecule is COc1cc(OC)cc(C(O)c2c(C=Cc3ccc(OC)c(OC)c3)cc(OC)cc2OC)c1. The minimum Gasteiger partial charge on any atom is -0.497 e. The van der Waals surface area contributed by atoms with Crippen molar-refractivity contribution in [1.82, 2.24) is 0 Å². The highest BCUT2D eigenvalue weighted by Crippen LogP contribution is 2.39. The van der Waals surface area contributed by atoms with Crippen LogP contribution in [0, 0.1) is 0 Å². The van der Waals surface area contributed by atoms with Crippen molar-refractivity contribution in [1.29, 1.82) is 0 Å². The quantitative estimate of drug-likeness (QED) is 0.422. The first kappa shape index (κ1) is 24.8. The molecule has 0 aliphatic heterocycles. The molecule has 7 heteroatoms. The van der Waals surface area contributed by atoms with Crippen LogP contribution in [0.1, 0.15) is 28.4 Å². The molecule has 0 aliphatic carbocycles. The van der Waals surface area contributed by atoms with Gasteiger partial charge in [0.25, 0.3) is 0 Å². The normalized spacial score (nSPS) is 11.7. The molecule has 1 unspecified atom stereocenters. The standard InChI is InChI=1S/C27H30O7/c1-29-20-13-19(14-21(15-20)30-2)27(28)26-18(12-22(31-3)16-25(26)34-6)9-7-17-8-10-23(32-4)24(11-17)33-5/h7-16,27-28H,1-6H3. The number of aliphatic hydroxyl groups is 1.